The third-order valence-electron chi connectivity index (χ3n) is 2.59. The van der Waals surface area contributed by atoms with Crippen LogP contribution in [-0.2, 0) is 6.42 Å². The Hall–Kier alpha value is -1.47. The van der Waals surface area contributed by atoms with Gasteiger partial charge in [0.25, 0.3) is 0 Å². The van der Waals surface area contributed by atoms with Crippen LogP contribution in [0, 0.1) is 0 Å². The Morgan fingerprint density at radius 1 is 1.00 bits per heavy atom. The van der Waals surface area contributed by atoms with Crippen LogP contribution in [0.5, 0.6) is 5.75 Å². The average Bonchev–Trinajstić information content (AvgIpc) is 2.35. The van der Waals surface area contributed by atoms with Gasteiger partial charge in [0.05, 0.1) is 6.61 Å². The van der Waals surface area contributed by atoms with Crippen molar-refractivity contribution in [2.45, 2.75) is 13.3 Å². The number of halogens is 1. The third kappa shape index (κ3) is 3.24. The molecule has 0 aliphatic heterocycles. The molecule has 0 saturated carbocycles. The van der Waals surface area contributed by atoms with E-state index in [9.17, 15) is 0 Å². The quantitative estimate of drug-likeness (QED) is 0.780. The van der Waals surface area contributed by atoms with E-state index in [1.807, 2.05) is 37.3 Å². The molecule has 0 bridgehead atoms. The maximum absolute atomic E-state index is 6.13. The van der Waals surface area contributed by atoms with E-state index in [2.05, 4.69) is 18.2 Å². The van der Waals surface area contributed by atoms with Crippen LogP contribution >= 0.6 is 11.6 Å². The van der Waals surface area contributed by atoms with Gasteiger partial charge in [0.2, 0.25) is 0 Å². The van der Waals surface area contributed by atoms with Crippen molar-refractivity contribution in [2.24, 2.45) is 0 Å². The molecule has 88 valence electrons. The molecule has 2 aromatic rings. The Morgan fingerprint density at radius 2 is 1.71 bits per heavy atom. The van der Waals surface area contributed by atoms with Gasteiger partial charge >= 0.3 is 0 Å². The van der Waals surface area contributed by atoms with Crippen LogP contribution in [0.4, 0.5) is 0 Å². The minimum atomic E-state index is 0.698. The lowest BCUT2D eigenvalue weighted by Crippen LogP contribution is -1.92. The summed E-state index contributed by atoms with van der Waals surface area (Å²) in [6.45, 7) is 2.68. The predicted octanol–water partition coefficient (Wildman–Crippen LogP) is 4.33. The van der Waals surface area contributed by atoms with Gasteiger partial charge in [-0.1, -0.05) is 41.9 Å². The SMILES string of the molecule is CCOc1ccc(Cc2ccccc2Cl)cc1. The van der Waals surface area contributed by atoms with Gasteiger partial charge in [-0.05, 0) is 42.7 Å². The van der Waals surface area contributed by atoms with Crippen LogP contribution in [0.25, 0.3) is 0 Å². The largest absolute Gasteiger partial charge is 0.494 e. The van der Waals surface area contributed by atoms with Gasteiger partial charge in [-0.2, -0.15) is 0 Å². The van der Waals surface area contributed by atoms with Gasteiger partial charge in [-0.15, -0.1) is 0 Å². The molecule has 0 atom stereocenters. The van der Waals surface area contributed by atoms with E-state index in [0.29, 0.717) is 6.61 Å². The maximum atomic E-state index is 6.13. The van der Waals surface area contributed by atoms with Crippen molar-refractivity contribution in [1.82, 2.24) is 0 Å². The normalized spacial score (nSPS) is 10.2. The van der Waals surface area contributed by atoms with E-state index in [4.69, 9.17) is 16.3 Å². The molecule has 0 unspecified atom stereocenters. The highest BCUT2D eigenvalue weighted by molar-refractivity contribution is 6.31. The number of hydrogen-bond acceptors (Lipinski definition) is 1. The molecule has 0 aliphatic carbocycles. The van der Waals surface area contributed by atoms with Crippen molar-refractivity contribution in [3.63, 3.8) is 0 Å². The molecule has 0 N–H and O–H groups in total. The van der Waals surface area contributed by atoms with Crippen molar-refractivity contribution < 1.29 is 4.74 Å². The molecule has 0 saturated heterocycles. The second kappa shape index (κ2) is 5.74. The first-order chi connectivity index (χ1) is 8.29. The van der Waals surface area contributed by atoms with Crippen molar-refractivity contribution in [3.8, 4) is 5.75 Å². The molecule has 0 aromatic heterocycles. The summed E-state index contributed by atoms with van der Waals surface area (Å²) in [6, 6.07) is 16.1. The van der Waals surface area contributed by atoms with Gasteiger partial charge in [-0.25, -0.2) is 0 Å². The number of hydrogen-bond donors (Lipinski definition) is 0. The van der Waals surface area contributed by atoms with E-state index >= 15 is 0 Å². The Morgan fingerprint density at radius 3 is 2.35 bits per heavy atom. The van der Waals surface area contributed by atoms with Crippen molar-refractivity contribution >= 4 is 11.6 Å². The second-order valence-corrected chi connectivity index (χ2v) is 4.25. The molecule has 0 amide bonds. The highest BCUT2D eigenvalue weighted by Crippen LogP contribution is 2.20. The molecule has 0 heterocycles. The molecule has 0 radical (unpaired) electrons. The van der Waals surface area contributed by atoms with Crippen LogP contribution in [0.15, 0.2) is 48.5 Å². The number of ether oxygens (including phenoxy) is 1. The molecular formula is C15H15ClO. The lowest BCUT2D eigenvalue weighted by atomic mass is 10.1. The summed E-state index contributed by atoms with van der Waals surface area (Å²) in [6.07, 6.45) is 0.853. The van der Waals surface area contributed by atoms with Gasteiger partial charge in [0.15, 0.2) is 0 Å². The summed E-state index contributed by atoms with van der Waals surface area (Å²) in [5.74, 6) is 0.912. The highest BCUT2D eigenvalue weighted by atomic mass is 35.5. The Labute approximate surface area is 107 Å². The van der Waals surface area contributed by atoms with Crippen LogP contribution in [0.3, 0.4) is 0 Å². The van der Waals surface area contributed by atoms with E-state index < -0.39 is 0 Å². The van der Waals surface area contributed by atoms with E-state index in [-0.39, 0.29) is 0 Å². The summed E-state index contributed by atoms with van der Waals surface area (Å²) in [7, 11) is 0. The van der Waals surface area contributed by atoms with Crippen LogP contribution in [0.2, 0.25) is 5.02 Å². The van der Waals surface area contributed by atoms with Crippen molar-refractivity contribution in [1.29, 1.82) is 0 Å². The van der Waals surface area contributed by atoms with Crippen LogP contribution < -0.4 is 4.74 Å². The molecule has 2 rings (SSSR count). The molecule has 2 heteroatoms. The zero-order chi connectivity index (χ0) is 12.1. The first kappa shape index (κ1) is 12.0. The van der Waals surface area contributed by atoms with E-state index in [0.717, 1.165) is 22.8 Å². The molecule has 0 fully saturated rings. The predicted molar refractivity (Wildman–Crippen MR) is 71.9 cm³/mol. The summed E-state index contributed by atoms with van der Waals surface area (Å²) in [4.78, 5) is 0. The van der Waals surface area contributed by atoms with Crippen LogP contribution in [-0.4, -0.2) is 6.61 Å². The monoisotopic (exact) mass is 246 g/mol. The fourth-order valence-corrected chi connectivity index (χ4v) is 1.93. The van der Waals surface area contributed by atoms with Crippen molar-refractivity contribution in [3.05, 3.63) is 64.7 Å². The Bertz CT molecular complexity index is 477. The molecule has 0 aliphatic rings. The average molecular weight is 247 g/mol. The molecule has 2 aromatic carbocycles. The van der Waals surface area contributed by atoms with E-state index in [1.165, 1.54) is 5.56 Å². The highest BCUT2D eigenvalue weighted by Gasteiger charge is 2.01. The summed E-state index contributed by atoms with van der Waals surface area (Å²) in [5, 5.41) is 0.821. The van der Waals surface area contributed by atoms with E-state index in [1.54, 1.807) is 0 Å². The molecular weight excluding hydrogens is 232 g/mol. The summed E-state index contributed by atoms with van der Waals surface area (Å²) in [5.41, 5.74) is 2.39. The summed E-state index contributed by atoms with van der Waals surface area (Å²) >= 11 is 6.13. The molecule has 0 spiro atoms. The number of rotatable bonds is 4. The zero-order valence-corrected chi connectivity index (χ0v) is 10.6. The van der Waals surface area contributed by atoms with Crippen LogP contribution in [0.1, 0.15) is 18.1 Å². The Kier molecular flexibility index (Phi) is 4.05. The first-order valence-electron chi connectivity index (χ1n) is 5.74. The van der Waals surface area contributed by atoms with Gasteiger partial charge < -0.3 is 4.74 Å². The van der Waals surface area contributed by atoms with Gasteiger partial charge in [0.1, 0.15) is 5.75 Å². The van der Waals surface area contributed by atoms with Crippen molar-refractivity contribution in [2.75, 3.05) is 6.61 Å². The molecule has 1 nitrogen and oxygen atoms in total. The lowest BCUT2D eigenvalue weighted by molar-refractivity contribution is 0.340. The topological polar surface area (TPSA) is 9.23 Å². The standard InChI is InChI=1S/C15H15ClO/c1-2-17-14-9-7-12(8-10-14)11-13-5-3-4-6-15(13)16/h3-10H,2,11H2,1H3. The fourth-order valence-electron chi connectivity index (χ4n) is 1.73. The number of benzene rings is 2. The molecule has 17 heavy (non-hydrogen) atoms. The third-order valence-corrected chi connectivity index (χ3v) is 2.96. The fraction of sp³-hybridized carbons (Fsp3) is 0.200. The van der Waals surface area contributed by atoms with Gasteiger partial charge in [-0.3, -0.25) is 0 Å². The Balaban J connectivity index is 2.11. The minimum Gasteiger partial charge on any atom is -0.494 e. The minimum absolute atomic E-state index is 0.698. The summed E-state index contributed by atoms with van der Waals surface area (Å²) < 4.78 is 5.41. The maximum Gasteiger partial charge on any atom is 0.119 e. The smallest absolute Gasteiger partial charge is 0.119 e. The lowest BCUT2D eigenvalue weighted by Gasteiger charge is -2.06. The van der Waals surface area contributed by atoms with Gasteiger partial charge in [0, 0.05) is 5.02 Å². The second-order valence-electron chi connectivity index (χ2n) is 3.85. The first-order valence-corrected chi connectivity index (χ1v) is 6.12. The zero-order valence-electron chi connectivity index (χ0n) is 9.82.